The summed E-state index contributed by atoms with van der Waals surface area (Å²) < 4.78 is 18.9. The van der Waals surface area contributed by atoms with Gasteiger partial charge in [0.05, 0.1) is 5.56 Å². The normalized spacial score (nSPS) is 15.8. The Bertz CT molecular complexity index is 491. The summed E-state index contributed by atoms with van der Waals surface area (Å²) in [6, 6.07) is 1.33. The van der Waals surface area contributed by atoms with Crippen molar-refractivity contribution in [3.8, 4) is 0 Å². The molecule has 1 aromatic rings. The number of hydrazine groups is 1. The lowest BCUT2D eigenvalue weighted by atomic mass is 10.0. The van der Waals surface area contributed by atoms with Gasteiger partial charge >= 0.3 is 0 Å². The third-order valence-electron chi connectivity index (χ3n) is 3.69. The predicted octanol–water partition coefficient (Wildman–Crippen LogP) is 1.05. The molecule has 4 N–H and O–H groups in total. The third kappa shape index (κ3) is 3.23. The number of carbonyl (C=O) groups excluding carboxylic acids is 1. The zero-order valence-corrected chi connectivity index (χ0v) is 11.4. The Kier molecular flexibility index (Phi) is 4.51. The average molecular weight is 282 g/mol. The summed E-state index contributed by atoms with van der Waals surface area (Å²) in [5.41, 5.74) is 2.18. The second-order valence-corrected chi connectivity index (χ2v) is 5.09. The molecule has 7 heteroatoms. The van der Waals surface area contributed by atoms with Crippen molar-refractivity contribution in [2.45, 2.75) is 19.3 Å². The number of hydrogen-bond acceptors (Lipinski definition) is 5. The number of nitrogens with zero attached hydrogens (tertiary/aromatic N) is 1. The van der Waals surface area contributed by atoms with Gasteiger partial charge in [-0.3, -0.25) is 4.79 Å². The van der Waals surface area contributed by atoms with Crippen LogP contribution in [0.3, 0.4) is 0 Å². The van der Waals surface area contributed by atoms with E-state index in [0.29, 0.717) is 13.2 Å². The van der Waals surface area contributed by atoms with Gasteiger partial charge in [-0.25, -0.2) is 15.2 Å². The van der Waals surface area contributed by atoms with Crippen LogP contribution >= 0.6 is 0 Å². The Morgan fingerprint density at radius 2 is 2.35 bits per heavy atom. The van der Waals surface area contributed by atoms with Crippen molar-refractivity contribution in [1.82, 2.24) is 10.3 Å². The highest BCUT2D eigenvalue weighted by atomic mass is 19.1. The molecule has 0 saturated heterocycles. The summed E-state index contributed by atoms with van der Waals surface area (Å²) in [6.45, 7) is 1.20. The first-order chi connectivity index (χ1) is 9.62. The molecule has 2 rings (SSSR count). The molecule has 0 spiro atoms. The van der Waals surface area contributed by atoms with E-state index in [9.17, 15) is 9.18 Å². The lowest BCUT2D eigenvalue weighted by Gasteiger charge is -2.15. The van der Waals surface area contributed by atoms with Gasteiger partial charge in [-0.05, 0) is 30.7 Å². The average Bonchev–Trinajstić information content (AvgIpc) is 3.23. The Hall–Kier alpha value is -1.73. The van der Waals surface area contributed by atoms with E-state index in [1.165, 1.54) is 12.3 Å². The summed E-state index contributed by atoms with van der Waals surface area (Å²) in [4.78, 5) is 15.7. The minimum atomic E-state index is -0.741. The molecule has 0 atom stereocenters. The van der Waals surface area contributed by atoms with E-state index in [0.717, 1.165) is 19.3 Å². The largest absolute Gasteiger partial charge is 0.385 e. The molecule has 1 aromatic heterocycles. The standard InChI is InChI=1S/C13H19FN4O2/c1-20-7-5-13(3-4-13)8-17-12(19)9-2-6-16-11(18-15)10(9)14/h2,6H,3-5,7-8,15H2,1H3,(H,16,18)(H,17,19). The fourth-order valence-corrected chi connectivity index (χ4v) is 2.09. The molecule has 1 fully saturated rings. The number of aromatic nitrogens is 1. The van der Waals surface area contributed by atoms with Gasteiger partial charge in [0.1, 0.15) is 0 Å². The molecule has 20 heavy (non-hydrogen) atoms. The molecule has 0 aromatic carbocycles. The van der Waals surface area contributed by atoms with Crippen molar-refractivity contribution >= 4 is 11.7 Å². The molecule has 0 unspecified atom stereocenters. The van der Waals surface area contributed by atoms with E-state index in [2.05, 4.69) is 15.7 Å². The van der Waals surface area contributed by atoms with Crippen LogP contribution in [-0.2, 0) is 4.74 Å². The van der Waals surface area contributed by atoms with E-state index in [4.69, 9.17) is 10.6 Å². The Morgan fingerprint density at radius 3 is 2.95 bits per heavy atom. The molecular weight excluding hydrogens is 263 g/mol. The van der Waals surface area contributed by atoms with E-state index < -0.39 is 11.7 Å². The number of hydrogen-bond donors (Lipinski definition) is 3. The van der Waals surface area contributed by atoms with Crippen LogP contribution in [0.15, 0.2) is 12.3 Å². The maximum absolute atomic E-state index is 13.9. The van der Waals surface area contributed by atoms with Crippen molar-refractivity contribution in [3.05, 3.63) is 23.6 Å². The number of amides is 1. The first kappa shape index (κ1) is 14.7. The van der Waals surface area contributed by atoms with Gasteiger partial charge in [-0.1, -0.05) is 0 Å². The van der Waals surface area contributed by atoms with Crippen molar-refractivity contribution in [2.24, 2.45) is 11.3 Å². The third-order valence-corrected chi connectivity index (χ3v) is 3.69. The lowest BCUT2D eigenvalue weighted by Crippen LogP contribution is -2.31. The zero-order valence-electron chi connectivity index (χ0n) is 11.4. The maximum Gasteiger partial charge on any atom is 0.254 e. The molecule has 110 valence electrons. The monoisotopic (exact) mass is 282 g/mol. The van der Waals surface area contributed by atoms with Crippen molar-refractivity contribution < 1.29 is 13.9 Å². The van der Waals surface area contributed by atoms with E-state index in [1.54, 1.807) is 7.11 Å². The number of rotatable bonds is 7. The lowest BCUT2D eigenvalue weighted by molar-refractivity contribution is 0.0934. The quantitative estimate of drug-likeness (QED) is 0.514. The van der Waals surface area contributed by atoms with E-state index in [-0.39, 0.29) is 16.8 Å². The number of methoxy groups -OCH3 is 1. The minimum absolute atomic E-state index is 0.0597. The molecule has 1 heterocycles. The second kappa shape index (κ2) is 6.15. The number of ether oxygens (including phenoxy) is 1. The highest BCUT2D eigenvalue weighted by Gasteiger charge is 2.42. The van der Waals surface area contributed by atoms with Crippen LogP contribution in [0.2, 0.25) is 0 Å². The predicted molar refractivity (Wildman–Crippen MR) is 72.5 cm³/mol. The SMILES string of the molecule is COCCC1(CNC(=O)c2ccnc(NN)c2F)CC1. The zero-order chi connectivity index (χ0) is 14.6. The summed E-state index contributed by atoms with van der Waals surface area (Å²) in [6.07, 6.45) is 4.36. The van der Waals surface area contributed by atoms with E-state index in [1.807, 2.05) is 0 Å². The number of nitrogens with two attached hydrogens (primary N) is 1. The number of nitrogens with one attached hydrogen (secondary N) is 2. The molecule has 1 aliphatic rings. The number of nitrogen functional groups attached to an aromatic ring is 1. The highest BCUT2D eigenvalue weighted by Crippen LogP contribution is 2.48. The van der Waals surface area contributed by atoms with E-state index >= 15 is 0 Å². The molecule has 1 amide bonds. The fraction of sp³-hybridized carbons (Fsp3) is 0.538. The topological polar surface area (TPSA) is 89.3 Å². The minimum Gasteiger partial charge on any atom is -0.385 e. The number of carbonyl (C=O) groups is 1. The molecule has 1 saturated carbocycles. The molecule has 0 radical (unpaired) electrons. The molecule has 1 aliphatic carbocycles. The Balaban J connectivity index is 1.96. The van der Waals surface area contributed by atoms with Crippen LogP contribution in [0.5, 0.6) is 0 Å². The summed E-state index contributed by atoms with van der Waals surface area (Å²) >= 11 is 0. The second-order valence-electron chi connectivity index (χ2n) is 5.09. The first-order valence-corrected chi connectivity index (χ1v) is 6.50. The number of pyridine rings is 1. The van der Waals surface area contributed by atoms with Crippen LogP contribution in [0.25, 0.3) is 0 Å². The first-order valence-electron chi connectivity index (χ1n) is 6.50. The van der Waals surface area contributed by atoms with Gasteiger partial charge < -0.3 is 15.5 Å². The number of halogens is 1. The fourth-order valence-electron chi connectivity index (χ4n) is 2.09. The van der Waals surface area contributed by atoms with Crippen LogP contribution < -0.4 is 16.6 Å². The van der Waals surface area contributed by atoms with Gasteiger partial charge in [0.2, 0.25) is 0 Å². The molecule has 0 bridgehead atoms. The van der Waals surface area contributed by atoms with Gasteiger partial charge in [0.15, 0.2) is 11.6 Å². The van der Waals surface area contributed by atoms with Crippen LogP contribution in [0.4, 0.5) is 10.2 Å². The van der Waals surface area contributed by atoms with Gasteiger partial charge in [-0.15, -0.1) is 0 Å². The highest BCUT2D eigenvalue weighted by molar-refractivity contribution is 5.95. The molecule has 0 aliphatic heterocycles. The molecule has 6 nitrogen and oxygen atoms in total. The number of anilines is 1. The van der Waals surface area contributed by atoms with Gasteiger partial charge in [0.25, 0.3) is 5.91 Å². The van der Waals surface area contributed by atoms with Crippen LogP contribution in [0.1, 0.15) is 29.6 Å². The maximum atomic E-state index is 13.9. The van der Waals surface area contributed by atoms with Crippen LogP contribution in [0, 0.1) is 11.2 Å². The van der Waals surface area contributed by atoms with Crippen molar-refractivity contribution in [2.75, 3.05) is 25.7 Å². The van der Waals surface area contributed by atoms with Crippen LogP contribution in [-0.4, -0.2) is 31.2 Å². The van der Waals surface area contributed by atoms with Gasteiger partial charge in [-0.2, -0.15) is 0 Å². The van der Waals surface area contributed by atoms with Crippen molar-refractivity contribution in [1.29, 1.82) is 0 Å². The summed E-state index contributed by atoms with van der Waals surface area (Å²) in [5, 5.41) is 2.77. The Morgan fingerprint density at radius 1 is 1.60 bits per heavy atom. The van der Waals surface area contributed by atoms with Crippen molar-refractivity contribution in [3.63, 3.8) is 0 Å². The Labute approximate surface area is 116 Å². The summed E-state index contributed by atoms with van der Waals surface area (Å²) in [7, 11) is 1.66. The summed E-state index contributed by atoms with van der Waals surface area (Å²) in [5.74, 6) is 3.79. The smallest absolute Gasteiger partial charge is 0.254 e. The molecular formula is C13H19FN4O2. The van der Waals surface area contributed by atoms with Gasteiger partial charge in [0, 0.05) is 26.5 Å².